The van der Waals surface area contributed by atoms with Crippen LogP contribution in [0.15, 0.2) is 18.2 Å². The topological polar surface area (TPSA) is 50.4 Å². The first kappa shape index (κ1) is 14.2. The Morgan fingerprint density at radius 3 is 2.95 bits per heavy atom. The highest BCUT2D eigenvalue weighted by Gasteiger charge is 2.20. The van der Waals surface area contributed by atoms with Gasteiger partial charge in [-0.3, -0.25) is 4.79 Å². The number of hydrogen-bond acceptors (Lipinski definition) is 3. The second-order valence-corrected chi connectivity index (χ2v) is 5.04. The maximum Gasteiger partial charge on any atom is 0.225 e. The SMILES string of the molecule is CCOc1ccc(Cl)cc1NC(=O)CCNC1CC1. The van der Waals surface area contributed by atoms with E-state index in [1.807, 2.05) is 6.92 Å². The molecule has 4 nitrogen and oxygen atoms in total. The maximum atomic E-state index is 11.8. The number of rotatable bonds is 7. The van der Waals surface area contributed by atoms with Gasteiger partial charge in [-0.2, -0.15) is 0 Å². The molecule has 5 heteroatoms. The minimum Gasteiger partial charge on any atom is -0.492 e. The fraction of sp³-hybridized carbons (Fsp3) is 0.500. The van der Waals surface area contributed by atoms with Crippen LogP contribution in [0.3, 0.4) is 0 Å². The van der Waals surface area contributed by atoms with Crippen LogP contribution in [-0.2, 0) is 4.79 Å². The summed E-state index contributed by atoms with van der Waals surface area (Å²) in [6, 6.07) is 5.84. The van der Waals surface area contributed by atoms with Crippen LogP contribution in [0, 0.1) is 0 Å². The van der Waals surface area contributed by atoms with E-state index < -0.39 is 0 Å². The van der Waals surface area contributed by atoms with E-state index in [1.54, 1.807) is 18.2 Å². The molecule has 1 aliphatic carbocycles. The minimum absolute atomic E-state index is 0.0311. The van der Waals surface area contributed by atoms with E-state index >= 15 is 0 Å². The van der Waals surface area contributed by atoms with Crippen LogP contribution in [0.1, 0.15) is 26.2 Å². The quantitative estimate of drug-likeness (QED) is 0.808. The molecule has 1 amide bonds. The second-order valence-electron chi connectivity index (χ2n) is 4.60. The third kappa shape index (κ3) is 4.73. The highest BCUT2D eigenvalue weighted by Crippen LogP contribution is 2.28. The first-order valence-electron chi connectivity index (χ1n) is 6.64. The molecule has 19 heavy (non-hydrogen) atoms. The molecule has 0 spiro atoms. The molecule has 1 fully saturated rings. The average molecular weight is 283 g/mol. The summed E-state index contributed by atoms with van der Waals surface area (Å²) in [6.45, 7) is 3.16. The third-order valence-corrected chi connectivity index (χ3v) is 3.11. The van der Waals surface area contributed by atoms with Crippen LogP contribution >= 0.6 is 11.6 Å². The molecular weight excluding hydrogens is 264 g/mol. The van der Waals surface area contributed by atoms with Gasteiger partial charge in [0.15, 0.2) is 0 Å². The monoisotopic (exact) mass is 282 g/mol. The van der Waals surface area contributed by atoms with E-state index in [0.717, 1.165) is 0 Å². The van der Waals surface area contributed by atoms with Crippen molar-refractivity contribution in [1.29, 1.82) is 0 Å². The summed E-state index contributed by atoms with van der Waals surface area (Å²) in [7, 11) is 0. The lowest BCUT2D eigenvalue weighted by Gasteiger charge is -2.12. The number of anilines is 1. The summed E-state index contributed by atoms with van der Waals surface area (Å²) >= 11 is 5.94. The van der Waals surface area contributed by atoms with Gasteiger partial charge in [0.2, 0.25) is 5.91 Å². The smallest absolute Gasteiger partial charge is 0.225 e. The molecular formula is C14H19ClN2O2. The Morgan fingerprint density at radius 1 is 1.47 bits per heavy atom. The molecule has 1 saturated carbocycles. The highest BCUT2D eigenvalue weighted by molar-refractivity contribution is 6.31. The van der Waals surface area contributed by atoms with Crippen molar-refractivity contribution < 1.29 is 9.53 Å². The molecule has 0 bridgehead atoms. The van der Waals surface area contributed by atoms with E-state index in [0.29, 0.717) is 42.1 Å². The molecule has 0 radical (unpaired) electrons. The molecule has 0 atom stereocenters. The van der Waals surface area contributed by atoms with Gasteiger partial charge in [-0.25, -0.2) is 0 Å². The van der Waals surface area contributed by atoms with E-state index in [2.05, 4.69) is 10.6 Å². The Balaban J connectivity index is 1.88. The summed E-state index contributed by atoms with van der Waals surface area (Å²) in [5, 5.41) is 6.73. The molecule has 0 aliphatic heterocycles. The maximum absolute atomic E-state index is 11.8. The molecule has 0 heterocycles. The molecule has 1 aliphatic rings. The summed E-state index contributed by atoms with van der Waals surface area (Å²) in [5.41, 5.74) is 0.630. The van der Waals surface area contributed by atoms with Gasteiger partial charge >= 0.3 is 0 Å². The number of ether oxygens (including phenoxy) is 1. The van der Waals surface area contributed by atoms with Gasteiger partial charge in [0.05, 0.1) is 12.3 Å². The lowest BCUT2D eigenvalue weighted by Crippen LogP contribution is -2.23. The van der Waals surface area contributed by atoms with Crippen molar-refractivity contribution in [2.45, 2.75) is 32.2 Å². The van der Waals surface area contributed by atoms with Crippen LogP contribution < -0.4 is 15.4 Å². The normalized spacial score (nSPS) is 14.2. The molecule has 0 saturated heterocycles. The Labute approximate surface area is 118 Å². The van der Waals surface area contributed by atoms with E-state index in [9.17, 15) is 4.79 Å². The van der Waals surface area contributed by atoms with Gasteiger partial charge in [0, 0.05) is 24.0 Å². The Kier molecular flexibility index (Phi) is 5.05. The predicted molar refractivity (Wildman–Crippen MR) is 76.9 cm³/mol. The van der Waals surface area contributed by atoms with Crippen molar-refractivity contribution >= 4 is 23.2 Å². The number of nitrogens with one attached hydrogen (secondary N) is 2. The van der Waals surface area contributed by atoms with Crippen molar-refractivity contribution in [3.05, 3.63) is 23.2 Å². The van der Waals surface area contributed by atoms with E-state index in [1.165, 1.54) is 12.8 Å². The fourth-order valence-electron chi connectivity index (χ4n) is 1.77. The van der Waals surface area contributed by atoms with Gasteiger partial charge in [-0.1, -0.05) is 11.6 Å². The number of halogens is 1. The van der Waals surface area contributed by atoms with Crippen molar-refractivity contribution in [2.75, 3.05) is 18.5 Å². The lowest BCUT2D eigenvalue weighted by atomic mass is 10.2. The predicted octanol–water partition coefficient (Wildman–Crippen LogP) is 2.82. The number of hydrogen-bond donors (Lipinski definition) is 2. The molecule has 0 unspecified atom stereocenters. The fourth-order valence-corrected chi connectivity index (χ4v) is 1.94. The number of carbonyl (C=O) groups excluding carboxylic acids is 1. The second kappa shape index (κ2) is 6.78. The molecule has 1 aromatic carbocycles. The zero-order valence-corrected chi connectivity index (χ0v) is 11.8. The van der Waals surface area contributed by atoms with Crippen LogP contribution in [0.4, 0.5) is 5.69 Å². The van der Waals surface area contributed by atoms with E-state index in [-0.39, 0.29) is 5.91 Å². The van der Waals surface area contributed by atoms with Crippen molar-refractivity contribution in [1.82, 2.24) is 5.32 Å². The van der Waals surface area contributed by atoms with Crippen molar-refractivity contribution in [2.24, 2.45) is 0 Å². The van der Waals surface area contributed by atoms with Crippen molar-refractivity contribution in [3.63, 3.8) is 0 Å². The van der Waals surface area contributed by atoms with Crippen LogP contribution in [-0.4, -0.2) is 25.1 Å². The van der Waals surface area contributed by atoms with Crippen LogP contribution in [0.5, 0.6) is 5.75 Å². The Morgan fingerprint density at radius 2 is 2.26 bits per heavy atom. The van der Waals surface area contributed by atoms with Gasteiger partial charge in [0.1, 0.15) is 5.75 Å². The van der Waals surface area contributed by atoms with Gasteiger partial charge < -0.3 is 15.4 Å². The number of benzene rings is 1. The zero-order chi connectivity index (χ0) is 13.7. The summed E-state index contributed by atoms with van der Waals surface area (Å²) in [5.74, 6) is 0.617. The van der Waals surface area contributed by atoms with Crippen LogP contribution in [0.2, 0.25) is 5.02 Å². The largest absolute Gasteiger partial charge is 0.492 e. The van der Waals surface area contributed by atoms with Gasteiger partial charge in [-0.05, 0) is 38.0 Å². The summed E-state index contributed by atoms with van der Waals surface area (Å²) < 4.78 is 5.46. The first-order valence-corrected chi connectivity index (χ1v) is 7.02. The number of amides is 1. The molecule has 0 aromatic heterocycles. The Hall–Kier alpha value is -1.26. The standard InChI is InChI=1S/C14H19ClN2O2/c1-2-19-13-6-3-10(15)9-12(13)17-14(18)7-8-16-11-4-5-11/h3,6,9,11,16H,2,4-5,7-8H2,1H3,(H,17,18). The van der Waals surface area contributed by atoms with E-state index in [4.69, 9.17) is 16.3 Å². The number of carbonyl (C=O) groups is 1. The van der Waals surface area contributed by atoms with Crippen LogP contribution in [0.25, 0.3) is 0 Å². The van der Waals surface area contributed by atoms with Gasteiger partial charge in [0.25, 0.3) is 0 Å². The summed E-state index contributed by atoms with van der Waals surface area (Å²) in [6.07, 6.45) is 2.91. The molecule has 2 rings (SSSR count). The molecule has 1 aromatic rings. The minimum atomic E-state index is -0.0311. The third-order valence-electron chi connectivity index (χ3n) is 2.88. The zero-order valence-electron chi connectivity index (χ0n) is 11.0. The highest BCUT2D eigenvalue weighted by atomic mass is 35.5. The molecule has 104 valence electrons. The lowest BCUT2D eigenvalue weighted by molar-refractivity contribution is -0.116. The summed E-state index contributed by atoms with van der Waals surface area (Å²) in [4.78, 5) is 11.8. The van der Waals surface area contributed by atoms with Crippen molar-refractivity contribution in [3.8, 4) is 5.75 Å². The first-order chi connectivity index (χ1) is 9.19. The van der Waals surface area contributed by atoms with Gasteiger partial charge in [-0.15, -0.1) is 0 Å². The Bertz CT molecular complexity index is 447. The molecule has 2 N–H and O–H groups in total. The average Bonchev–Trinajstić information content (AvgIpc) is 3.17.